The molecule has 1 aromatic heterocycles. The molecule has 0 amide bonds. The van der Waals surface area contributed by atoms with E-state index in [2.05, 4.69) is 36.7 Å². The van der Waals surface area contributed by atoms with Crippen LogP contribution in [0.1, 0.15) is 26.3 Å². The smallest absolute Gasteiger partial charge is 0.101 e. The second kappa shape index (κ2) is 4.79. The maximum Gasteiger partial charge on any atom is 0.101 e. The Hall–Kier alpha value is -1.56. The monoisotopic (exact) mass is 203 g/mol. The molecule has 0 radical (unpaired) electrons. The zero-order valence-corrected chi connectivity index (χ0v) is 9.73. The molecule has 0 fully saturated rings. The van der Waals surface area contributed by atoms with Gasteiger partial charge in [-0.1, -0.05) is 13.8 Å². The molecule has 1 heterocycles. The Morgan fingerprint density at radius 3 is 2.60 bits per heavy atom. The fourth-order valence-electron chi connectivity index (χ4n) is 1.43. The molecule has 0 spiro atoms. The molecule has 80 valence electrons. The third-order valence-corrected chi connectivity index (χ3v) is 2.88. The maximum absolute atomic E-state index is 8.98. The van der Waals surface area contributed by atoms with Gasteiger partial charge in [0, 0.05) is 19.3 Å². The number of pyridine rings is 1. The van der Waals surface area contributed by atoms with E-state index in [9.17, 15) is 0 Å². The van der Waals surface area contributed by atoms with Crippen molar-refractivity contribution < 1.29 is 0 Å². The Balaban J connectivity index is 3.01. The van der Waals surface area contributed by atoms with Gasteiger partial charge in [-0.2, -0.15) is 5.26 Å². The third-order valence-electron chi connectivity index (χ3n) is 2.88. The molecule has 0 aliphatic heterocycles. The first kappa shape index (κ1) is 11.5. The van der Waals surface area contributed by atoms with Crippen LogP contribution in [0.4, 0.5) is 5.69 Å². The third kappa shape index (κ3) is 2.47. The van der Waals surface area contributed by atoms with Crippen molar-refractivity contribution >= 4 is 5.69 Å². The van der Waals surface area contributed by atoms with Crippen molar-refractivity contribution in [2.75, 3.05) is 11.9 Å². The minimum atomic E-state index is 0.390. The van der Waals surface area contributed by atoms with E-state index in [1.807, 2.05) is 7.05 Å². The Morgan fingerprint density at radius 2 is 2.07 bits per heavy atom. The van der Waals surface area contributed by atoms with E-state index in [1.54, 1.807) is 18.5 Å². The van der Waals surface area contributed by atoms with Crippen LogP contribution >= 0.6 is 0 Å². The van der Waals surface area contributed by atoms with Crippen molar-refractivity contribution in [1.29, 1.82) is 5.26 Å². The molecule has 0 saturated heterocycles. The molecule has 1 rings (SSSR count). The van der Waals surface area contributed by atoms with Crippen LogP contribution in [-0.4, -0.2) is 18.1 Å². The molecule has 3 nitrogen and oxygen atoms in total. The summed E-state index contributed by atoms with van der Waals surface area (Å²) < 4.78 is 0. The number of aromatic nitrogens is 1. The van der Waals surface area contributed by atoms with Crippen molar-refractivity contribution in [2.45, 2.75) is 26.8 Å². The topological polar surface area (TPSA) is 39.9 Å². The summed E-state index contributed by atoms with van der Waals surface area (Å²) in [7, 11) is 2.00. The van der Waals surface area contributed by atoms with Crippen LogP contribution in [0.2, 0.25) is 0 Å². The molecule has 0 saturated carbocycles. The number of nitriles is 1. The molecule has 0 aliphatic carbocycles. The van der Waals surface area contributed by atoms with Gasteiger partial charge < -0.3 is 4.90 Å². The molecule has 3 heteroatoms. The van der Waals surface area contributed by atoms with Crippen molar-refractivity contribution in [3.05, 3.63) is 24.0 Å². The Morgan fingerprint density at radius 1 is 1.40 bits per heavy atom. The van der Waals surface area contributed by atoms with Gasteiger partial charge in [0.1, 0.15) is 6.07 Å². The van der Waals surface area contributed by atoms with Crippen molar-refractivity contribution in [3.63, 3.8) is 0 Å². The lowest BCUT2D eigenvalue weighted by Crippen LogP contribution is -2.33. The zero-order chi connectivity index (χ0) is 11.4. The summed E-state index contributed by atoms with van der Waals surface area (Å²) >= 11 is 0. The van der Waals surface area contributed by atoms with Gasteiger partial charge in [-0.3, -0.25) is 4.98 Å². The van der Waals surface area contributed by atoms with Gasteiger partial charge in [0.15, 0.2) is 0 Å². The van der Waals surface area contributed by atoms with Crippen LogP contribution in [0.25, 0.3) is 0 Å². The summed E-state index contributed by atoms with van der Waals surface area (Å²) in [5.41, 5.74) is 1.58. The molecule has 1 unspecified atom stereocenters. The van der Waals surface area contributed by atoms with Gasteiger partial charge in [-0.15, -0.1) is 0 Å². The van der Waals surface area contributed by atoms with Crippen LogP contribution in [0, 0.1) is 17.2 Å². The van der Waals surface area contributed by atoms with E-state index >= 15 is 0 Å². The second-order valence-corrected chi connectivity index (χ2v) is 4.10. The lowest BCUT2D eigenvalue weighted by Gasteiger charge is -2.30. The van der Waals surface area contributed by atoms with Gasteiger partial charge in [-0.25, -0.2) is 0 Å². The van der Waals surface area contributed by atoms with Gasteiger partial charge in [-0.05, 0) is 18.9 Å². The Kier molecular flexibility index (Phi) is 3.68. The molecule has 0 aromatic carbocycles. The minimum absolute atomic E-state index is 0.390. The number of nitrogens with zero attached hydrogens (tertiary/aromatic N) is 3. The normalized spacial score (nSPS) is 12.3. The van der Waals surface area contributed by atoms with Crippen molar-refractivity contribution in [3.8, 4) is 6.07 Å². The maximum atomic E-state index is 8.98. The van der Waals surface area contributed by atoms with Crippen molar-refractivity contribution in [1.82, 2.24) is 4.98 Å². The van der Waals surface area contributed by atoms with Crippen LogP contribution in [0.15, 0.2) is 18.5 Å². The largest absolute Gasteiger partial charge is 0.369 e. The van der Waals surface area contributed by atoms with Crippen molar-refractivity contribution in [2.24, 2.45) is 5.92 Å². The average Bonchev–Trinajstić information content (AvgIpc) is 2.26. The first-order chi connectivity index (χ1) is 7.07. The van der Waals surface area contributed by atoms with Crippen LogP contribution in [-0.2, 0) is 0 Å². The lowest BCUT2D eigenvalue weighted by molar-refractivity contribution is 0.505. The standard InChI is InChI=1S/C12H17N3/c1-9(2)10(3)15(4)12-8-14-6-5-11(12)7-13/h5-6,8-10H,1-4H3. The SMILES string of the molecule is CC(C)C(C)N(C)c1cnccc1C#N. The zero-order valence-electron chi connectivity index (χ0n) is 9.73. The van der Waals surface area contributed by atoms with E-state index in [0.717, 1.165) is 5.69 Å². The van der Waals surface area contributed by atoms with E-state index in [0.29, 0.717) is 17.5 Å². The van der Waals surface area contributed by atoms with E-state index in [1.165, 1.54) is 0 Å². The number of hydrogen-bond acceptors (Lipinski definition) is 3. The van der Waals surface area contributed by atoms with Gasteiger partial charge in [0.05, 0.1) is 17.4 Å². The first-order valence-corrected chi connectivity index (χ1v) is 5.15. The molecular formula is C12H17N3. The fraction of sp³-hybridized carbons (Fsp3) is 0.500. The van der Waals surface area contributed by atoms with Crippen LogP contribution < -0.4 is 4.90 Å². The Labute approximate surface area is 91.4 Å². The molecule has 0 N–H and O–H groups in total. The highest BCUT2D eigenvalue weighted by Gasteiger charge is 2.16. The predicted molar refractivity (Wildman–Crippen MR) is 61.7 cm³/mol. The summed E-state index contributed by atoms with van der Waals surface area (Å²) in [6.07, 6.45) is 3.40. The number of anilines is 1. The minimum Gasteiger partial charge on any atom is -0.369 e. The highest BCUT2D eigenvalue weighted by molar-refractivity contribution is 5.57. The van der Waals surface area contributed by atoms with E-state index in [4.69, 9.17) is 5.26 Å². The summed E-state index contributed by atoms with van der Waals surface area (Å²) in [6.45, 7) is 6.49. The average molecular weight is 203 g/mol. The highest BCUT2D eigenvalue weighted by Crippen LogP contribution is 2.21. The quantitative estimate of drug-likeness (QED) is 0.757. The number of hydrogen-bond donors (Lipinski definition) is 0. The molecular weight excluding hydrogens is 186 g/mol. The lowest BCUT2D eigenvalue weighted by atomic mass is 10.0. The number of rotatable bonds is 3. The predicted octanol–water partition coefficient (Wildman–Crippen LogP) is 2.43. The highest BCUT2D eigenvalue weighted by atomic mass is 15.1. The van der Waals surface area contributed by atoms with Crippen LogP contribution in [0.3, 0.4) is 0 Å². The Bertz CT molecular complexity index is 365. The molecule has 1 aromatic rings. The summed E-state index contributed by atoms with van der Waals surface area (Å²) in [5, 5.41) is 8.98. The van der Waals surface area contributed by atoms with Gasteiger partial charge in [0.25, 0.3) is 0 Å². The summed E-state index contributed by atoms with van der Waals surface area (Å²) in [6, 6.07) is 4.33. The summed E-state index contributed by atoms with van der Waals surface area (Å²) in [4.78, 5) is 6.17. The first-order valence-electron chi connectivity index (χ1n) is 5.15. The summed E-state index contributed by atoms with van der Waals surface area (Å²) in [5.74, 6) is 0.543. The molecule has 0 aliphatic rings. The van der Waals surface area contributed by atoms with Crippen LogP contribution in [0.5, 0.6) is 0 Å². The van der Waals surface area contributed by atoms with E-state index < -0.39 is 0 Å². The molecule has 1 atom stereocenters. The van der Waals surface area contributed by atoms with Gasteiger partial charge in [0.2, 0.25) is 0 Å². The second-order valence-electron chi connectivity index (χ2n) is 4.10. The van der Waals surface area contributed by atoms with E-state index in [-0.39, 0.29) is 0 Å². The van der Waals surface area contributed by atoms with Gasteiger partial charge >= 0.3 is 0 Å². The molecule has 0 bridgehead atoms. The molecule has 15 heavy (non-hydrogen) atoms. The fourth-order valence-corrected chi connectivity index (χ4v) is 1.43.